The fraction of sp³-hybridized carbons (Fsp3) is 0.364. The van der Waals surface area contributed by atoms with Crippen molar-refractivity contribution in [1.29, 1.82) is 0 Å². The molecule has 1 atom stereocenters. The van der Waals surface area contributed by atoms with E-state index in [2.05, 4.69) is 15.9 Å². The second-order valence-corrected chi connectivity index (χ2v) is 5.11. The number of hydrogen-bond donors (Lipinski definition) is 2. The maximum absolute atomic E-state index is 11.6. The molecule has 0 saturated carbocycles. The molecule has 1 aromatic rings. The summed E-state index contributed by atoms with van der Waals surface area (Å²) in [6, 6.07) is 4.15. The van der Waals surface area contributed by atoms with E-state index in [4.69, 9.17) is 10.6 Å². The number of rotatable bonds is 5. The molecule has 0 aliphatic rings. The van der Waals surface area contributed by atoms with Crippen molar-refractivity contribution < 1.29 is 14.5 Å². The Labute approximate surface area is 118 Å². The molecule has 0 aliphatic carbocycles. The fourth-order valence-corrected chi connectivity index (χ4v) is 1.90. The number of carbonyl (C=O) groups excluding carboxylic acids is 1. The monoisotopic (exact) mass is 331 g/mol. The van der Waals surface area contributed by atoms with Crippen molar-refractivity contribution in [3.8, 4) is 5.75 Å². The molecule has 1 unspecified atom stereocenters. The minimum atomic E-state index is -0.820. The van der Waals surface area contributed by atoms with Crippen molar-refractivity contribution in [2.24, 2.45) is 11.8 Å². The van der Waals surface area contributed by atoms with Crippen LogP contribution in [0.5, 0.6) is 5.75 Å². The Balaban J connectivity index is 3.02. The first kappa shape index (κ1) is 15.4. The molecule has 104 valence electrons. The van der Waals surface area contributed by atoms with Crippen LogP contribution in [0, 0.1) is 16.0 Å². The van der Waals surface area contributed by atoms with E-state index in [9.17, 15) is 14.9 Å². The number of amides is 1. The number of nitro benzene ring substituents is 1. The van der Waals surface area contributed by atoms with Gasteiger partial charge in [0, 0.05) is 10.5 Å². The lowest BCUT2D eigenvalue weighted by atomic mass is 10.1. The fourth-order valence-electron chi connectivity index (χ4n) is 1.44. The maximum Gasteiger partial charge on any atom is 0.275 e. The molecule has 1 rings (SSSR count). The van der Waals surface area contributed by atoms with Crippen LogP contribution >= 0.6 is 15.9 Å². The molecule has 1 aromatic carbocycles. The number of nitrogens with two attached hydrogens (primary N) is 1. The standard InChI is InChI=1S/C11H14BrN3O4/c1-6(2)10(11(16)14-13)19-9-4-7(12)3-8(5-9)15(17)18/h3-6,10H,13H2,1-2H3,(H,14,16). The van der Waals surface area contributed by atoms with E-state index in [1.54, 1.807) is 19.9 Å². The summed E-state index contributed by atoms with van der Waals surface area (Å²) in [5.74, 6) is 4.68. The lowest BCUT2D eigenvalue weighted by molar-refractivity contribution is -0.385. The molecule has 7 nitrogen and oxygen atoms in total. The number of ether oxygens (including phenoxy) is 1. The van der Waals surface area contributed by atoms with E-state index >= 15 is 0 Å². The number of nitrogens with zero attached hydrogens (tertiary/aromatic N) is 1. The van der Waals surface area contributed by atoms with Crippen LogP contribution in [0.3, 0.4) is 0 Å². The quantitative estimate of drug-likeness (QED) is 0.370. The molecule has 3 N–H and O–H groups in total. The van der Waals surface area contributed by atoms with Gasteiger partial charge in [0.1, 0.15) is 5.75 Å². The molecule has 0 spiro atoms. The molecule has 19 heavy (non-hydrogen) atoms. The molecule has 1 amide bonds. The molecule has 0 aliphatic heterocycles. The predicted octanol–water partition coefficient (Wildman–Crippen LogP) is 1.75. The third-order valence-electron chi connectivity index (χ3n) is 2.34. The van der Waals surface area contributed by atoms with E-state index in [0.717, 1.165) is 0 Å². The molecule has 0 fully saturated rings. The highest BCUT2D eigenvalue weighted by Gasteiger charge is 2.24. The number of halogens is 1. The Morgan fingerprint density at radius 2 is 2.11 bits per heavy atom. The van der Waals surface area contributed by atoms with Crippen LogP contribution in [-0.2, 0) is 4.79 Å². The van der Waals surface area contributed by atoms with Gasteiger partial charge in [-0.1, -0.05) is 29.8 Å². The normalized spacial score (nSPS) is 12.1. The number of carbonyl (C=O) groups is 1. The minimum Gasteiger partial charge on any atom is -0.480 e. The van der Waals surface area contributed by atoms with Gasteiger partial charge in [0.25, 0.3) is 11.6 Å². The lowest BCUT2D eigenvalue weighted by Crippen LogP contribution is -2.44. The summed E-state index contributed by atoms with van der Waals surface area (Å²) in [5, 5.41) is 10.7. The first-order chi connectivity index (χ1) is 8.85. The van der Waals surface area contributed by atoms with Crippen molar-refractivity contribution in [3.63, 3.8) is 0 Å². The largest absolute Gasteiger partial charge is 0.480 e. The highest BCUT2D eigenvalue weighted by molar-refractivity contribution is 9.10. The van der Waals surface area contributed by atoms with Gasteiger partial charge in [0.2, 0.25) is 0 Å². The first-order valence-corrected chi connectivity index (χ1v) is 6.26. The smallest absolute Gasteiger partial charge is 0.275 e. The number of nitrogens with one attached hydrogen (secondary N) is 1. The topological polar surface area (TPSA) is 107 Å². The Hall–Kier alpha value is -1.67. The van der Waals surface area contributed by atoms with Gasteiger partial charge in [-0.05, 0) is 12.0 Å². The van der Waals surface area contributed by atoms with E-state index in [1.807, 2.05) is 5.43 Å². The van der Waals surface area contributed by atoms with E-state index < -0.39 is 16.9 Å². The first-order valence-electron chi connectivity index (χ1n) is 5.47. The summed E-state index contributed by atoms with van der Waals surface area (Å²) < 4.78 is 5.97. The van der Waals surface area contributed by atoms with Crippen LogP contribution in [0.1, 0.15) is 13.8 Å². The molecule has 0 heterocycles. The molecule has 8 heteroatoms. The zero-order valence-electron chi connectivity index (χ0n) is 10.4. The molecule has 0 radical (unpaired) electrons. The SMILES string of the molecule is CC(C)C(Oc1cc(Br)cc([N+](=O)[O-])c1)C(=O)NN. The van der Waals surface area contributed by atoms with Crippen LogP contribution in [0.15, 0.2) is 22.7 Å². The summed E-state index contributed by atoms with van der Waals surface area (Å²) in [6.07, 6.45) is -0.820. The molecular weight excluding hydrogens is 318 g/mol. The van der Waals surface area contributed by atoms with E-state index in [1.165, 1.54) is 12.1 Å². The van der Waals surface area contributed by atoms with Crippen molar-refractivity contribution in [2.45, 2.75) is 20.0 Å². The summed E-state index contributed by atoms with van der Waals surface area (Å²) in [7, 11) is 0. The van der Waals surface area contributed by atoms with Crippen molar-refractivity contribution >= 4 is 27.5 Å². The van der Waals surface area contributed by atoms with Crippen LogP contribution in [-0.4, -0.2) is 16.9 Å². The van der Waals surface area contributed by atoms with Gasteiger partial charge in [0.15, 0.2) is 6.10 Å². The number of benzene rings is 1. The molecule has 0 saturated heterocycles. The summed E-state index contributed by atoms with van der Waals surface area (Å²) in [4.78, 5) is 21.8. The van der Waals surface area contributed by atoms with Crippen LogP contribution < -0.4 is 16.0 Å². The average molecular weight is 332 g/mol. The van der Waals surface area contributed by atoms with Crippen molar-refractivity contribution in [1.82, 2.24) is 5.43 Å². The van der Waals surface area contributed by atoms with Crippen LogP contribution in [0.2, 0.25) is 0 Å². The molecule has 0 bridgehead atoms. The van der Waals surface area contributed by atoms with E-state index in [0.29, 0.717) is 4.47 Å². The second-order valence-electron chi connectivity index (χ2n) is 4.19. The Kier molecular flexibility index (Phi) is 5.25. The van der Waals surface area contributed by atoms with Crippen molar-refractivity contribution in [2.75, 3.05) is 0 Å². The Bertz CT molecular complexity index is 493. The summed E-state index contributed by atoms with van der Waals surface area (Å²) in [6.45, 7) is 3.57. The average Bonchev–Trinajstić information content (AvgIpc) is 2.34. The lowest BCUT2D eigenvalue weighted by Gasteiger charge is -2.20. The summed E-state index contributed by atoms with van der Waals surface area (Å²) in [5.41, 5.74) is 1.88. The van der Waals surface area contributed by atoms with E-state index in [-0.39, 0.29) is 17.4 Å². The van der Waals surface area contributed by atoms with Gasteiger partial charge in [-0.25, -0.2) is 5.84 Å². The predicted molar refractivity (Wildman–Crippen MR) is 72.4 cm³/mol. The highest BCUT2D eigenvalue weighted by Crippen LogP contribution is 2.27. The highest BCUT2D eigenvalue weighted by atomic mass is 79.9. The Morgan fingerprint density at radius 1 is 1.47 bits per heavy atom. The number of non-ortho nitro benzene ring substituents is 1. The number of nitro groups is 1. The second kappa shape index (κ2) is 6.48. The van der Waals surface area contributed by atoms with Gasteiger partial charge >= 0.3 is 0 Å². The third kappa shape index (κ3) is 4.18. The van der Waals surface area contributed by atoms with Crippen molar-refractivity contribution in [3.05, 3.63) is 32.8 Å². The van der Waals surface area contributed by atoms with Crippen LogP contribution in [0.4, 0.5) is 5.69 Å². The summed E-state index contributed by atoms with van der Waals surface area (Å²) >= 11 is 3.15. The van der Waals surface area contributed by atoms with Gasteiger partial charge in [-0.2, -0.15) is 0 Å². The zero-order chi connectivity index (χ0) is 14.6. The van der Waals surface area contributed by atoms with Crippen LogP contribution in [0.25, 0.3) is 0 Å². The molecule has 0 aromatic heterocycles. The van der Waals surface area contributed by atoms with Gasteiger partial charge in [-0.15, -0.1) is 0 Å². The third-order valence-corrected chi connectivity index (χ3v) is 2.79. The number of hydrogen-bond acceptors (Lipinski definition) is 5. The zero-order valence-corrected chi connectivity index (χ0v) is 12.0. The Morgan fingerprint density at radius 3 is 2.58 bits per heavy atom. The molecular formula is C11H14BrN3O4. The van der Waals surface area contributed by atoms with Gasteiger partial charge in [-0.3, -0.25) is 20.3 Å². The van der Waals surface area contributed by atoms with Gasteiger partial charge < -0.3 is 4.74 Å². The van der Waals surface area contributed by atoms with Gasteiger partial charge in [0.05, 0.1) is 11.0 Å². The maximum atomic E-state index is 11.6. The number of hydrazine groups is 1. The minimum absolute atomic E-state index is 0.125.